The van der Waals surface area contributed by atoms with Crippen LogP contribution in [-0.4, -0.2) is 110 Å². The number of carbonyl (C=O) groups excluding carboxylic acids is 2. The van der Waals surface area contributed by atoms with Gasteiger partial charge in [0.25, 0.3) is 0 Å². The number of rotatable bonds is 14. The van der Waals surface area contributed by atoms with Crippen molar-refractivity contribution in [1.82, 2.24) is 19.8 Å². The van der Waals surface area contributed by atoms with Gasteiger partial charge in [0, 0.05) is 44.1 Å². The molecule has 0 radical (unpaired) electrons. The van der Waals surface area contributed by atoms with Crippen LogP contribution in [0.15, 0.2) is 33.5 Å². The van der Waals surface area contributed by atoms with Crippen molar-refractivity contribution in [2.45, 2.75) is 106 Å². The van der Waals surface area contributed by atoms with E-state index in [0.29, 0.717) is 22.6 Å². The summed E-state index contributed by atoms with van der Waals surface area (Å²) in [4.78, 5) is 35.8. The van der Waals surface area contributed by atoms with Gasteiger partial charge >= 0.3 is 12.2 Å². The molecule has 0 saturated heterocycles. The summed E-state index contributed by atoms with van der Waals surface area (Å²) >= 11 is 6.55. The number of aromatic nitrogens is 2. The van der Waals surface area contributed by atoms with Crippen LogP contribution >= 0.6 is 42.5 Å². The normalized spacial score (nSPS) is 11.7. The number of nitrogen functional groups attached to an aromatic ring is 1. The Labute approximate surface area is 348 Å². The molecule has 21 heteroatoms. The third-order valence-electron chi connectivity index (χ3n) is 6.30. The zero-order chi connectivity index (χ0) is 42.9. The number of sulfonamides is 1. The summed E-state index contributed by atoms with van der Waals surface area (Å²) in [5.41, 5.74) is 5.38. The fraction of sp³-hybridized carbons (Fsp3) is 0.647. The van der Waals surface area contributed by atoms with Crippen LogP contribution in [0.5, 0.6) is 11.8 Å². The molecule has 316 valence electrons. The Morgan fingerprint density at radius 3 is 1.51 bits per heavy atom. The van der Waals surface area contributed by atoms with Gasteiger partial charge in [-0.05, 0) is 120 Å². The fourth-order valence-electron chi connectivity index (χ4n) is 3.66. The highest BCUT2D eigenvalue weighted by Crippen LogP contribution is 2.27. The number of anilines is 2. The molecule has 2 amide bonds. The van der Waals surface area contributed by atoms with E-state index in [1.54, 1.807) is 48.9 Å². The average molecular weight is 969 g/mol. The lowest BCUT2D eigenvalue weighted by atomic mass is 10.2. The number of nitrogens with one attached hydrogen (secondary N) is 1. The molecule has 0 aliphatic heterocycles. The SMILES string of the molecule is CC(C)N(CCOc1ncc(Br)cc1N)C(=O)OC(C)(C)C.CCS(=O)(=O)Cl.CCS(=O)(=O)Nc1cc(Br)cnc1OCCN(C(=O)OC(C)(C)C)C(C)C. The molecule has 0 bridgehead atoms. The molecule has 0 aliphatic rings. The highest BCUT2D eigenvalue weighted by atomic mass is 79.9. The summed E-state index contributed by atoms with van der Waals surface area (Å²) < 4.78 is 69.0. The maximum absolute atomic E-state index is 12.3. The van der Waals surface area contributed by atoms with Crippen LogP contribution in [0.4, 0.5) is 21.0 Å². The number of carbonyl (C=O) groups is 2. The lowest BCUT2D eigenvalue weighted by Crippen LogP contribution is -2.43. The predicted molar refractivity (Wildman–Crippen MR) is 224 cm³/mol. The van der Waals surface area contributed by atoms with E-state index in [0.717, 1.165) is 4.47 Å². The summed E-state index contributed by atoms with van der Waals surface area (Å²) in [6.45, 7) is 22.6. The quantitative estimate of drug-likeness (QED) is 0.175. The number of nitrogens with two attached hydrogens (primary N) is 1. The largest absolute Gasteiger partial charge is 0.474 e. The molecule has 0 atom stereocenters. The average Bonchev–Trinajstić information content (AvgIpc) is 3.01. The van der Waals surface area contributed by atoms with Crippen LogP contribution < -0.4 is 19.9 Å². The van der Waals surface area contributed by atoms with Gasteiger partial charge in [0.15, 0.2) is 0 Å². The standard InChI is InChI=1S/C17H28BrN3O5S.C15H24BrN3O3.C2H5ClO2S/c1-7-27(23,24)20-14-10-13(18)11-19-15(14)25-9-8-21(12(2)3)16(22)26-17(4,5)6;1-10(2)19(14(20)22-15(3,4)5)6-7-21-13-12(17)8-11(16)9-18-13;1-2-6(3,4)5/h10-12,20H,7-9H2,1-6H3;8-10H,6-7,17H2,1-5H3;2H2,1H3. The zero-order valence-electron chi connectivity index (χ0n) is 33.6. The minimum Gasteiger partial charge on any atom is -0.474 e. The molecule has 16 nitrogen and oxygen atoms in total. The van der Waals surface area contributed by atoms with Crippen LogP contribution in [0.2, 0.25) is 0 Å². The van der Waals surface area contributed by atoms with E-state index in [2.05, 4.69) is 57.2 Å². The van der Waals surface area contributed by atoms with E-state index in [4.69, 9.17) is 24.7 Å². The topological polar surface area (TPSA) is 210 Å². The Balaban J connectivity index is 0.000000936. The van der Waals surface area contributed by atoms with Crippen molar-refractivity contribution in [2.24, 2.45) is 0 Å². The zero-order valence-corrected chi connectivity index (χ0v) is 39.2. The molecule has 2 rings (SSSR count). The molecule has 0 unspecified atom stereocenters. The van der Waals surface area contributed by atoms with Gasteiger partial charge in [-0.1, -0.05) is 6.92 Å². The first-order valence-corrected chi connectivity index (χ1v) is 23.0. The lowest BCUT2D eigenvalue weighted by molar-refractivity contribution is 0.0153. The number of hydrogen-bond donors (Lipinski definition) is 2. The molecule has 0 aliphatic carbocycles. The van der Waals surface area contributed by atoms with Gasteiger partial charge in [-0.25, -0.2) is 36.4 Å². The molecule has 2 aromatic heterocycles. The van der Waals surface area contributed by atoms with Gasteiger partial charge < -0.3 is 34.5 Å². The van der Waals surface area contributed by atoms with Gasteiger partial charge in [-0.2, -0.15) is 0 Å². The summed E-state index contributed by atoms with van der Waals surface area (Å²) in [7, 11) is -1.98. The van der Waals surface area contributed by atoms with E-state index in [1.165, 1.54) is 20.0 Å². The number of pyridine rings is 2. The van der Waals surface area contributed by atoms with Crippen LogP contribution in [0.25, 0.3) is 0 Å². The Morgan fingerprint density at radius 1 is 0.782 bits per heavy atom. The fourth-order valence-corrected chi connectivity index (χ4v) is 4.97. The van der Waals surface area contributed by atoms with E-state index in [-0.39, 0.29) is 61.0 Å². The third-order valence-corrected chi connectivity index (χ3v) is 9.80. The number of nitrogens with zero attached hydrogens (tertiary/aromatic N) is 4. The molecule has 2 aromatic rings. The van der Waals surface area contributed by atoms with Crippen LogP contribution in [0.1, 0.15) is 83.1 Å². The monoisotopic (exact) mass is 966 g/mol. The van der Waals surface area contributed by atoms with Crippen LogP contribution in [0, 0.1) is 0 Å². The number of amides is 2. The van der Waals surface area contributed by atoms with Crippen LogP contribution in [0.3, 0.4) is 0 Å². The second-order valence-corrected chi connectivity index (χ2v) is 21.0. The Bertz CT molecular complexity index is 1740. The number of hydrogen-bond acceptors (Lipinski definition) is 13. The Morgan fingerprint density at radius 2 is 1.16 bits per heavy atom. The van der Waals surface area contributed by atoms with Gasteiger partial charge in [0.1, 0.15) is 30.1 Å². The smallest absolute Gasteiger partial charge is 0.410 e. The predicted octanol–water partition coefficient (Wildman–Crippen LogP) is 7.66. The van der Waals surface area contributed by atoms with Crippen molar-refractivity contribution in [3.05, 3.63) is 33.5 Å². The summed E-state index contributed by atoms with van der Waals surface area (Å²) in [6.07, 6.45) is 2.33. The second kappa shape index (κ2) is 23.4. The first kappa shape index (κ1) is 52.2. The molecule has 0 aromatic carbocycles. The first-order valence-electron chi connectivity index (χ1n) is 17.2. The molecule has 3 N–H and O–H groups in total. The molecular weight excluding hydrogens is 912 g/mol. The van der Waals surface area contributed by atoms with Gasteiger partial charge in [0.05, 0.1) is 30.3 Å². The summed E-state index contributed by atoms with van der Waals surface area (Å²) in [5.74, 6) is 0.437. The van der Waals surface area contributed by atoms with Crippen molar-refractivity contribution in [3.63, 3.8) is 0 Å². The lowest BCUT2D eigenvalue weighted by Gasteiger charge is -2.30. The Hall–Kier alpha value is -2.81. The van der Waals surface area contributed by atoms with Gasteiger partial charge in [-0.3, -0.25) is 4.72 Å². The maximum atomic E-state index is 12.3. The maximum Gasteiger partial charge on any atom is 0.410 e. The molecule has 0 spiro atoms. The van der Waals surface area contributed by atoms with Gasteiger partial charge in [0.2, 0.25) is 30.8 Å². The van der Waals surface area contributed by atoms with Crippen molar-refractivity contribution in [3.8, 4) is 11.8 Å². The molecular formula is C34H57Br2ClN6O10S2. The molecule has 0 fully saturated rings. The molecule has 55 heavy (non-hydrogen) atoms. The number of ether oxygens (including phenoxy) is 4. The van der Waals surface area contributed by atoms with E-state index >= 15 is 0 Å². The van der Waals surface area contributed by atoms with Crippen molar-refractivity contribution >= 4 is 85.2 Å². The second-order valence-electron chi connectivity index (χ2n) is 14.1. The van der Waals surface area contributed by atoms with E-state index in [9.17, 15) is 26.4 Å². The van der Waals surface area contributed by atoms with Gasteiger partial charge in [-0.15, -0.1) is 0 Å². The van der Waals surface area contributed by atoms with Crippen molar-refractivity contribution in [1.29, 1.82) is 0 Å². The summed E-state index contributed by atoms with van der Waals surface area (Å²) in [5, 5.41) is 0. The highest BCUT2D eigenvalue weighted by molar-refractivity contribution is 9.10. The Kier molecular flexibility index (Phi) is 22.2. The first-order chi connectivity index (χ1) is 25.0. The molecule has 0 saturated carbocycles. The van der Waals surface area contributed by atoms with E-state index in [1.807, 2.05) is 48.5 Å². The highest BCUT2D eigenvalue weighted by Gasteiger charge is 2.25. The molecule has 2 heterocycles. The third kappa shape index (κ3) is 23.8. The minimum atomic E-state index is -3.48. The minimum absolute atomic E-state index is 0.00803. The van der Waals surface area contributed by atoms with Crippen molar-refractivity contribution < 1.29 is 45.4 Å². The van der Waals surface area contributed by atoms with E-state index < -0.39 is 36.4 Å². The summed E-state index contributed by atoms with van der Waals surface area (Å²) in [6, 6.07) is 3.22. The van der Waals surface area contributed by atoms with Crippen LogP contribution in [-0.2, 0) is 28.5 Å². The van der Waals surface area contributed by atoms with Crippen molar-refractivity contribution in [2.75, 3.05) is 48.3 Å². The number of halogens is 3.